The van der Waals surface area contributed by atoms with Crippen LogP contribution in [0.5, 0.6) is 0 Å². The van der Waals surface area contributed by atoms with Gasteiger partial charge in [-0.2, -0.15) is 0 Å². The van der Waals surface area contributed by atoms with Gasteiger partial charge < -0.3 is 4.79 Å². The largest absolute Gasteiger partial charge is 0.303 e. The van der Waals surface area contributed by atoms with Gasteiger partial charge in [0, 0.05) is 17.7 Å². The zero-order valence-corrected chi connectivity index (χ0v) is 9.76. The van der Waals surface area contributed by atoms with Crippen molar-refractivity contribution in [1.82, 2.24) is 9.78 Å². The molecule has 1 N–H and O–H groups in total. The molecule has 0 aromatic carbocycles. The predicted molar refractivity (Wildman–Crippen MR) is 59.2 cm³/mol. The number of H-pyrrole nitrogens is 1. The van der Waals surface area contributed by atoms with E-state index >= 15 is 0 Å². The minimum Gasteiger partial charge on any atom is -0.303 e. The number of aromatic amines is 1. The molecule has 0 spiro atoms. The zero-order chi connectivity index (χ0) is 11.6. The molecule has 0 aliphatic heterocycles. The highest BCUT2D eigenvalue weighted by atomic mass is 16.1. The second-order valence-electron chi connectivity index (χ2n) is 4.60. The lowest BCUT2D eigenvalue weighted by Crippen LogP contribution is -2.33. The van der Waals surface area contributed by atoms with E-state index in [4.69, 9.17) is 0 Å². The minimum absolute atomic E-state index is 0.0774. The number of aromatic nitrogens is 2. The van der Waals surface area contributed by atoms with Gasteiger partial charge in [0.1, 0.15) is 6.29 Å². The van der Waals surface area contributed by atoms with E-state index in [1.807, 2.05) is 27.7 Å². The summed E-state index contributed by atoms with van der Waals surface area (Å²) < 4.78 is 1.59. The summed E-state index contributed by atoms with van der Waals surface area (Å²) >= 11 is 0. The van der Waals surface area contributed by atoms with Gasteiger partial charge in [0.15, 0.2) is 0 Å². The van der Waals surface area contributed by atoms with Gasteiger partial charge in [-0.05, 0) is 27.2 Å². The molecule has 0 amide bonds. The molecule has 0 unspecified atom stereocenters. The van der Waals surface area contributed by atoms with Crippen LogP contribution in [0.15, 0.2) is 4.79 Å². The summed E-state index contributed by atoms with van der Waals surface area (Å²) in [6.45, 7) is 7.83. The maximum atomic E-state index is 12.0. The highest BCUT2D eigenvalue weighted by Crippen LogP contribution is 2.12. The lowest BCUT2D eigenvalue weighted by molar-refractivity contribution is -0.107. The molecule has 0 fully saturated rings. The molecule has 15 heavy (non-hydrogen) atoms. The molecule has 0 saturated carbocycles. The van der Waals surface area contributed by atoms with Gasteiger partial charge in [-0.25, -0.2) is 4.68 Å². The van der Waals surface area contributed by atoms with Crippen molar-refractivity contribution >= 4 is 6.29 Å². The third-order valence-electron chi connectivity index (χ3n) is 2.38. The van der Waals surface area contributed by atoms with Crippen molar-refractivity contribution in [1.29, 1.82) is 0 Å². The number of nitrogens with one attached hydrogen (secondary N) is 1. The first kappa shape index (κ1) is 11.8. The van der Waals surface area contributed by atoms with Gasteiger partial charge in [-0.15, -0.1) is 0 Å². The Morgan fingerprint density at radius 3 is 2.40 bits per heavy atom. The lowest BCUT2D eigenvalue weighted by Gasteiger charge is -2.19. The quantitative estimate of drug-likeness (QED) is 0.763. The van der Waals surface area contributed by atoms with Crippen molar-refractivity contribution in [3.05, 3.63) is 21.6 Å². The van der Waals surface area contributed by atoms with Crippen molar-refractivity contribution in [3.8, 4) is 0 Å². The fourth-order valence-electron chi connectivity index (χ4n) is 1.58. The molecule has 1 heterocycles. The SMILES string of the molecule is CCc1[nH]n(C(C)(C)C)c(=O)c1CC=O. The van der Waals surface area contributed by atoms with Crippen molar-refractivity contribution < 1.29 is 4.79 Å². The zero-order valence-electron chi connectivity index (χ0n) is 9.76. The Morgan fingerprint density at radius 2 is 2.00 bits per heavy atom. The predicted octanol–water partition coefficient (Wildman–Crippen LogP) is 1.24. The maximum Gasteiger partial charge on any atom is 0.270 e. The van der Waals surface area contributed by atoms with Crippen LogP contribution in [-0.2, 0) is 23.2 Å². The van der Waals surface area contributed by atoms with Crippen LogP contribution in [0.3, 0.4) is 0 Å². The first-order valence-electron chi connectivity index (χ1n) is 5.18. The van der Waals surface area contributed by atoms with Crippen LogP contribution in [0.25, 0.3) is 0 Å². The number of carbonyl (C=O) groups is 1. The van der Waals surface area contributed by atoms with E-state index in [0.717, 1.165) is 18.4 Å². The summed E-state index contributed by atoms with van der Waals surface area (Å²) in [5, 5.41) is 3.07. The van der Waals surface area contributed by atoms with Crippen LogP contribution in [0, 0.1) is 0 Å². The summed E-state index contributed by atoms with van der Waals surface area (Å²) in [6.07, 6.45) is 1.71. The Kier molecular flexibility index (Phi) is 3.17. The van der Waals surface area contributed by atoms with Crippen molar-refractivity contribution in [2.45, 2.75) is 46.1 Å². The van der Waals surface area contributed by atoms with Gasteiger partial charge in [-0.3, -0.25) is 9.89 Å². The smallest absolute Gasteiger partial charge is 0.270 e. The second-order valence-corrected chi connectivity index (χ2v) is 4.60. The van der Waals surface area contributed by atoms with E-state index < -0.39 is 0 Å². The van der Waals surface area contributed by atoms with E-state index in [2.05, 4.69) is 5.10 Å². The summed E-state index contributed by atoms with van der Waals surface area (Å²) in [7, 11) is 0. The normalized spacial score (nSPS) is 11.7. The van der Waals surface area contributed by atoms with Gasteiger partial charge in [0.2, 0.25) is 0 Å². The molecule has 0 saturated heterocycles. The number of rotatable bonds is 3. The number of hydrogen-bond acceptors (Lipinski definition) is 2. The minimum atomic E-state index is -0.276. The summed E-state index contributed by atoms with van der Waals surface area (Å²) in [5.74, 6) is 0. The Morgan fingerprint density at radius 1 is 1.40 bits per heavy atom. The molecule has 0 atom stereocenters. The van der Waals surface area contributed by atoms with Crippen molar-refractivity contribution in [2.75, 3.05) is 0 Å². The first-order chi connectivity index (χ1) is 6.91. The van der Waals surface area contributed by atoms with Gasteiger partial charge in [0.05, 0.1) is 5.54 Å². The highest BCUT2D eigenvalue weighted by Gasteiger charge is 2.20. The topological polar surface area (TPSA) is 54.9 Å². The average molecular weight is 210 g/mol. The van der Waals surface area contributed by atoms with E-state index in [9.17, 15) is 9.59 Å². The third kappa shape index (κ3) is 2.19. The monoisotopic (exact) mass is 210 g/mol. The molecule has 4 heteroatoms. The Bertz CT molecular complexity index is 407. The van der Waals surface area contributed by atoms with Crippen LogP contribution < -0.4 is 5.56 Å². The van der Waals surface area contributed by atoms with Gasteiger partial charge in [-0.1, -0.05) is 6.92 Å². The van der Waals surface area contributed by atoms with Crippen LogP contribution in [0.4, 0.5) is 0 Å². The van der Waals surface area contributed by atoms with Crippen LogP contribution in [0.2, 0.25) is 0 Å². The molecular weight excluding hydrogens is 192 g/mol. The molecule has 0 radical (unpaired) electrons. The third-order valence-corrected chi connectivity index (χ3v) is 2.38. The van der Waals surface area contributed by atoms with Crippen molar-refractivity contribution in [2.24, 2.45) is 0 Å². The number of hydrogen-bond donors (Lipinski definition) is 1. The molecule has 84 valence electrons. The molecular formula is C11H18N2O2. The Balaban J connectivity index is 3.34. The number of nitrogens with zero attached hydrogens (tertiary/aromatic N) is 1. The molecule has 1 aromatic rings. The maximum absolute atomic E-state index is 12.0. The second kappa shape index (κ2) is 4.04. The number of carbonyl (C=O) groups excluding carboxylic acids is 1. The fraction of sp³-hybridized carbons (Fsp3) is 0.636. The van der Waals surface area contributed by atoms with E-state index in [1.165, 1.54) is 0 Å². The highest BCUT2D eigenvalue weighted by molar-refractivity contribution is 5.55. The Hall–Kier alpha value is -1.32. The van der Waals surface area contributed by atoms with E-state index in [-0.39, 0.29) is 17.5 Å². The molecule has 0 bridgehead atoms. The van der Waals surface area contributed by atoms with Gasteiger partial charge >= 0.3 is 0 Å². The van der Waals surface area contributed by atoms with E-state index in [1.54, 1.807) is 4.68 Å². The number of aldehydes is 1. The summed E-state index contributed by atoms with van der Waals surface area (Å²) in [4.78, 5) is 22.4. The number of aryl methyl sites for hydroxylation is 1. The average Bonchev–Trinajstić information content (AvgIpc) is 2.44. The van der Waals surface area contributed by atoms with Crippen molar-refractivity contribution in [3.63, 3.8) is 0 Å². The molecule has 1 aromatic heterocycles. The molecule has 1 rings (SSSR count). The molecule has 0 aliphatic rings. The summed E-state index contributed by atoms with van der Waals surface area (Å²) in [6, 6.07) is 0. The van der Waals surface area contributed by atoms with Crippen LogP contribution in [-0.4, -0.2) is 16.1 Å². The standard InChI is InChI=1S/C11H18N2O2/c1-5-9-8(6-7-14)10(15)13(12-9)11(2,3)4/h7,12H,5-6H2,1-4H3. The first-order valence-corrected chi connectivity index (χ1v) is 5.18. The van der Waals surface area contributed by atoms with E-state index in [0.29, 0.717) is 5.56 Å². The molecule has 4 nitrogen and oxygen atoms in total. The van der Waals surface area contributed by atoms with Crippen LogP contribution in [0.1, 0.15) is 39.0 Å². The summed E-state index contributed by atoms with van der Waals surface area (Å²) in [5.41, 5.74) is 1.11. The van der Waals surface area contributed by atoms with Gasteiger partial charge in [0.25, 0.3) is 5.56 Å². The molecule has 0 aliphatic carbocycles. The Labute approximate surface area is 89.3 Å². The van der Waals surface area contributed by atoms with Crippen LogP contribution >= 0.6 is 0 Å². The fourth-order valence-corrected chi connectivity index (χ4v) is 1.58. The lowest BCUT2D eigenvalue weighted by atomic mass is 10.1.